The number of aryl methyl sites for hydroxylation is 1. The van der Waals surface area contributed by atoms with Gasteiger partial charge in [0.2, 0.25) is 15.9 Å². The number of rotatable bonds is 7. The SMILES string of the molecule is CCN(CC)C(=O)[C@@H](NS(=O)(=O)c1cccc(C)c1)c1ccccc1. The van der Waals surface area contributed by atoms with Crippen LogP contribution in [0.15, 0.2) is 59.5 Å². The second kappa shape index (κ2) is 8.27. The number of carbonyl (C=O) groups is 1. The molecule has 2 aromatic rings. The van der Waals surface area contributed by atoms with Gasteiger partial charge < -0.3 is 4.90 Å². The van der Waals surface area contributed by atoms with Crippen LogP contribution in [0.4, 0.5) is 0 Å². The maximum Gasteiger partial charge on any atom is 0.245 e. The molecule has 0 unspecified atom stereocenters. The summed E-state index contributed by atoms with van der Waals surface area (Å²) in [6, 6.07) is 14.6. The monoisotopic (exact) mass is 360 g/mol. The van der Waals surface area contributed by atoms with E-state index in [9.17, 15) is 13.2 Å². The van der Waals surface area contributed by atoms with E-state index < -0.39 is 16.1 Å². The summed E-state index contributed by atoms with van der Waals surface area (Å²) in [5.74, 6) is -0.257. The van der Waals surface area contributed by atoms with E-state index in [-0.39, 0.29) is 10.8 Å². The summed E-state index contributed by atoms with van der Waals surface area (Å²) in [5, 5.41) is 0. The Balaban J connectivity index is 2.41. The van der Waals surface area contributed by atoms with Gasteiger partial charge in [0.05, 0.1) is 4.90 Å². The van der Waals surface area contributed by atoms with Gasteiger partial charge in [0.25, 0.3) is 0 Å². The lowest BCUT2D eigenvalue weighted by Gasteiger charge is -2.26. The van der Waals surface area contributed by atoms with Crippen LogP contribution in [0.25, 0.3) is 0 Å². The molecule has 1 N–H and O–H groups in total. The van der Waals surface area contributed by atoms with Crippen molar-refractivity contribution in [2.75, 3.05) is 13.1 Å². The van der Waals surface area contributed by atoms with E-state index in [1.165, 1.54) is 6.07 Å². The van der Waals surface area contributed by atoms with Crippen LogP contribution in [-0.2, 0) is 14.8 Å². The van der Waals surface area contributed by atoms with Crippen LogP contribution in [0.3, 0.4) is 0 Å². The molecule has 0 heterocycles. The second-order valence-electron chi connectivity index (χ2n) is 5.79. The molecule has 6 heteroatoms. The molecule has 0 aliphatic carbocycles. The number of amides is 1. The van der Waals surface area contributed by atoms with Gasteiger partial charge in [-0.3, -0.25) is 4.79 Å². The summed E-state index contributed by atoms with van der Waals surface area (Å²) in [5.41, 5.74) is 1.46. The van der Waals surface area contributed by atoms with Crippen molar-refractivity contribution in [1.29, 1.82) is 0 Å². The molecule has 0 bridgehead atoms. The Hall–Kier alpha value is -2.18. The van der Waals surface area contributed by atoms with Gasteiger partial charge in [0.15, 0.2) is 0 Å². The third kappa shape index (κ3) is 4.67. The maximum atomic E-state index is 12.9. The van der Waals surface area contributed by atoms with E-state index >= 15 is 0 Å². The van der Waals surface area contributed by atoms with Crippen LogP contribution in [0.1, 0.15) is 31.0 Å². The minimum atomic E-state index is -3.82. The van der Waals surface area contributed by atoms with Crippen molar-refractivity contribution < 1.29 is 13.2 Å². The van der Waals surface area contributed by atoms with Gasteiger partial charge in [-0.05, 0) is 44.0 Å². The zero-order valence-corrected chi connectivity index (χ0v) is 15.6. The highest BCUT2D eigenvalue weighted by Crippen LogP contribution is 2.20. The van der Waals surface area contributed by atoms with Crippen molar-refractivity contribution in [1.82, 2.24) is 9.62 Å². The zero-order valence-electron chi connectivity index (χ0n) is 14.8. The summed E-state index contributed by atoms with van der Waals surface area (Å²) in [6.07, 6.45) is 0. The molecule has 1 amide bonds. The van der Waals surface area contributed by atoms with E-state index in [0.29, 0.717) is 18.7 Å². The molecular weight excluding hydrogens is 336 g/mol. The van der Waals surface area contributed by atoms with Gasteiger partial charge in [-0.1, -0.05) is 42.5 Å². The van der Waals surface area contributed by atoms with Crippen LogP contribution in [0.2, 0.25) is 0 Å². The molecule has 25 heavy (non-hydrogen) atoms. The molecule has 2 aromatic carbocycles. The minimum absolute atomic E-state index is 0.153. The van der Waals surface area contributed by atoms with Crippen molar-refractivity contribution in [2.24, 2.45) is 0 Å². The molecule has 0 saturated carbocycles. The number of hydrogen-bond donors (Lipinski definition) is 1. The third-order valence-corrected chi connectivity index (χ3v) is 5.45. The van der Waals surface area contributed by atoms with Gasteiger partial charge in [0.1, 0.15) is 6.04 Å². The molecule has 0 radical (unpaired) electrons. The van der Waals surface area contributed by atoms with E-state index in [1.54, 1.807) is 41.3 Å². The highest BCUT2D eigenvalue weighted by atomic mass is 32.2. The van der Waals surface area contributed by atoms with Gasteiger partial charge in [-0.2, -0.15) is 4.72 Å². The summed E-state index contributed by atoms with van der Waals surface area (Å²) < 4.78 is 28.2. The van der Waals surface area contributed by atoms with Gasteiger partial charge in [0, 0.05) is 13.1 Å². The summed E-state index contributed by atoms with van der Waals surface area (Å²) >= 11 is 0. The molecule has 2 rings (SSSR count). The Morgan fingerprint density at radius 3 is 2.24 bits per heavy atom. The first-order valence-electron chi connectivity index (χ1n) is 8.31. The van der Waals surface area contributed by atoms with Crippen molar-refractivity contribution in [3.63, 3.8) is 0 Å². The minimum Gasteiger partial charge on any atom is -0.342 e. The fraction of sp³-hybridized carbons (Fsp3) is 0.316. The molecule has 0 aliphatic rings. The molecule has 1 atom stereocenters. The number of sulfonamides is 1. The fourth-order valence-corrected chi connectivity index (χ4v) is 3.91. The largest absolute Gasteiger partial charge is 0.342 e. The van der Waals surface area contributed by atoms with Gasteiger partial charge in [-0.15, -0.1) is 0 Å². The molecule has 0 spiro atoms. The lowest BCUT2D eigenvalue weighted by Crippen LogP contribution is -2.42. The lowest BCUT2D eigenvalue weighted by atomic mass is 10.1. The molecule has 0 fully saturated rings. The number of nitrogens with one attached hydrogen (secondary N) is 1. The fourth-order valence-electron chi connectivity index (χ4n) is 2.63. The zero-order chi connectivity index (χ0) is 18.4. The summed E-state index contributed by atoms with van der Waals surface area (Å²) in [6.45, 7) is 6.61. The van der Waals surface area contributed by atoms with Crippen molar-refractivity contribution in [2.45, 2.75) is 31.7 Å². The highest BCUT2D eigenvalue weighted by Gasteiger charge is 2.29. The number of benzene rings is 2. The van der Waals surface area contributed by atoms with Crippen LogP contribution >= 0.6 is 0 Å². The number of nitrogens with zero attached hydrogens (tertiary/aromatic N) is 1. The van der Waals surface area contributed by atoms with Crippen LogP contribution in [0, 0.1) is 6.92 Å². The van der Waals surface area contributed by atoms with Gasteiger partial charge >= 0.3 is 0 Å². The molecular formula is C19H24N2O3S. The van der Waals surface area contributed by atoms with E-state index in [1.807, 2.05) is 32.9 Å². The smallest absolute Gasteiger partial charge is 0.245 e. The Morgan fingerprint density at radius 2 is 1.68 bits per heavy atom. The summed E-state index contributed by atoms with van der Waals surface area (Å²) in [7, 11) is -3.82. The standard InChI is InChI=1S/C19H24N2O3S/c1-4-21(5-2)19(22)18(16-11-7-6-8-12-16)20-25(23,24)17-13-9-10-15(3)14-17/h6-14,18,20H,4-5H2,1-3H3/t18-/m0/s1. The molecule has 134 valence electrons. The van der Waals surface area contributed by atoms with E-state index in [0.717, 1.165) is 5.56 Å². The first kappa shape index (κ1) is 19.1. The van der Waals surface area contributed by atoms with E-state index in [2.05, 4.69) is 4.72 Å². The predicted octanol–water partition coefficient (Wildman–Crippen LogP) is 2.88. The van der Waals surface area contributed by atoms with Crippen molar-refractivity contribution >= 4 is 15.9 Å². The second-order valence-corrected chi connectivity index (χ2v) is 7.51. The predicted molar refractivity (Wildman–Crippen MR) is 98.6 cm³/mol. The lowest BCUT2D eigenvalue weighted by molar-refractivity contribution is -0.132. The molecule has 0 aromatic heterocycles. The van der Waals surface area contributed by atoms with Crippen LogP contribution < -0.4 is 4.72 Å². The van der Waals surface area contributed by atoms with Crippen molar-refractivity contribution in [3.8, 4) is 0 Å². The summed E-state index contributed by atoms with van der Waals surface area (Å²) in [4.78, 5) is 14.7. The average molecular weight is 360 g/mol. The molecule has 0 aliphatic heterocycles. The Kier molecular flexibility index (Phi) is 6.33. The Bertz CT molecular complexity index is 816. The first-order chi connectivity index (χ1) is 11.9. The van der Waals surface area contributed by atoms with Crippen LogP contribution in [0.5, 0.6) is 0 Å². The average Bonchev–Trinajstić information content (AvgIpc) is 2.61. The highest BCUT2D eigenvalue weighted by molar-refractivity contribution is 7.89. The van der Waals surface area contributed by atoms with Gasteiger partial charge in [-0.25, -0.2) is 8.42 Å². The maximum absolute atomic E-state index is 12.9. The number of likely N-dealkylation sites (N-methyl/N-ethyl adjacent to an activating group) is 1. The Labute approximate surface area is 149 Å². The first-order valence-corrected chi connectivity index (χ1v) is 9.80. The van der Waals surface area contributed by atoms with Crippen molar-refractivity contribution in [3.05, 3.63) is 65.7 Å². The molecule has 5 nitrogen and oxygen atoms in total. The van der Waals surface area contributed by atoms with Crippen LogP contribution in [-0.4, -0.2) is 32.3 Å². The number of carbonyl (C=O) groups excluding carboxylic acids is 1. The third-order valence-electron chi connectivity index (χ3n) is 4.03. The quantitative estimate of drug-likeness (QED) is 0.826. The number of hydrogen-bond acceptors (Lipinski definition) is 3. The Morgan fingerprint density at radius 1 is 1.04 bits per heavy atom. The van der Waals surface area contributed by atoms with E-state index in [4.69, 9.17) is 0 Å². The normalized spacial score (nSPS) is 12.6. The molecule has 0 saturated heterocycles. The topological polar surface area (TPSA) is 66.5 Å².